The number of carbonyl (C=O) groups is 1. The van der Waals surface area contributed by atoms with Crippen LogP contribution in [0.2, 0.25) is 0 Å². The Labute approximate surface area is 89.1 Å². The predicted octanol–water partition coefficient (Wildman–Crippen LogP) is 1.35. The van der Waals surface area contributed by atoms with Gasteiger partial charge in [-0.2, -0.15) is 0 Å². The van der Waals surface area contributed by atoms with Gasteiger partial charge in [-0.1, -0.05) is 18.2 Å². The molecule has 0 fully saturated rings. The summed E-state index contributed by atoms with van der Waals surface area (Å²) in [6.07, 6.45) is 1.91. The highest BCUT2D eigenvalue weighted by Gasteiger charge is 2.09. The van der Waals surface area contributed by atoms with Crippen molar-refractivity contribution in [3.63, 3.8) is 0 Å². The lowest BCUT2D eigenvalue weighted by Crippen LogP contribution is -2.23. The normalized spacial score (nSPS) is 14.7. The third kappa shape index (κ3) is 2.57. The molecule has 0 aromatic heterocycles. The maximum absolute atomic E-state index is 10.5. The first-order valence-corrected chi connectivity index (χ1v) is 5.29. The molecule has 1 heterocycles. The maximum Gasteiger partial charge on any atom is 0.303 e. The minimum atomic E-state index is -0.727. The summed E-state index contributed by atoms with van der Waals surface area (Å²) in [6, 6.07) is 6.30. The number of fused-ring (bicyclic) bond motifs is 1. The van der Waals surface area contributed by atoms with E-state index in [2.05, 4.69) is 17.4 Å². The summed E-state index contributed by atoms with van der Waals surface area (Å²) in [4.78, 5) is 10.5. The van der Waals surface area contributed by atoms with Crippen molar-refractivity contribution < 1.29 is 9.90 Å². The van der Waals surface area contributed by atoms with Crippen molar-refractivity contribution in [3.8, 4) is 0 Å². The second-order valence-electron chi connectivity index (χ2n) is 3.92. The second kappa shape index (κ2) is 4.45. The number of hydrogen-bond donors (Lipinski definition) is 2. The number of aryl methyl sites for hydroxylation is 1. The van der Waals surface area contributed by atoms with Gasteiger partial charge in [-0.05, 0) is 36.1 Å². The van der Waals surface area contributed by atoms with Crippen LogP contribution in [-0.4, -0.2) is 17.6 Å². The van der Waals surface area contributed by atoms with Gasteiger partial charge < -0.3 is 10.4 Å². The van der Waals surface area contributed by atoms with Crippen molar-refractivity contribution in [2.24, 2.45) is 0 Å². The highest BCUT2D eigenvalue weighted by atomic mass is 16.4. The molecular formula is C12H15NO2. The third-order valence-electron chi connectivity index (χ3n) is 2.78. The average Bonchev–Trinajstić information content (AvgIpc) is 2.26. The van der Waals surface area contributed by atoms with Gasteiger partial charge in [0.25, 0.3) is 0 Å². The van der Waals surface area contributed by atoms with Gasteiger partial charge in [0.2, 0.25) is 0 Å². The lowest BCUT2D eigenvalue weighted by molar-refractivity contribution is -0.136. The van der Waals surface area contributed by atoms with Gasteiger partial charge in [0.1, 0.15) is 0 Å². The lowest BCUT2D eigenvalue weighted by atomic mass is 9.97. The first-order valence-electron chi connectivity index (χ1n) is 5.29. The van der Waals surface area contributed by atoms with Crippen molar-refractivity contribution in [1.29, 1.82) is 0 Å². The average molecular weight is 205 g/mol. The van der Waals surface area contributed by atoms with E-state index in [1.165, 1.54) is 11.1 Å². The van der Waals surface area contributed by atoms with Crippen molar-refractivity contribution >= 4 is 5.97 Å². The fourth-order valence-electron chi connectivity index (χ4n) is 1.94. The number of carboxylic acids is 1. The Bertz CT molecular complexity index is 374. The fourth-order valence-corrected chi connectivity index (χ4v) is 1.94. The van der Waals surface area contributed by atoms with E-state index >= 15 is 0 Å². The molecule has 0 spiro atoms. The molecule has 0 atom stereocenters. The third-order valence-corrected chi connectivity index (χ3v) is 2.78. The highest BCUT2D eigenvalue weighted by molar-refractivity contribution is 5.67. The monoisotopic (exact) mass is 205 g/mol. The Morgan fingerprint density at radius 3 is 3.07 bits per heavy atom. The first-order chi connectivity index (χ1) is 7.25. The van der Waals surface area contributed by atoms with Crippen LogP contribution in [0.4, 0.5) is 0 Å². The fraction of sp³-hybridized carbons (Fsp3) is 0.417. The van der Waals surface area contributed by atoms with Crippen LogP contribution < -0.4 is 5.32 Å². The second-order valence-corrected chi connectivity index (χ2v) is 3.92. The van der Waals surface area contributed by atoms with Gasteiger partial charge in [0.05, 0.1) is 0 Å². The molecule has 0 saturated carbocycles. The summed E-state index contributed by atoms with van der Waals surface area (Å²) in [7, 11) is 0. The zero-order chi connectivity index (χ0) is 10.7. The smallest absolute Gasteiger partial charge is 0.303 e. The number of rotatable bonds is 3. The van der Waals surface area contributed by atoms with Gasteiger partial charge in [-0.25, -0.2) is 0 Å². The summed E-state index contributed by atoms with van der Waals surface area (Å²) in [5.41, 5.74) is 3.86. The van der Waals surface area contributed by atoms with E-state index in [0.717, 1.165) is 25.1 Å². The van der Waals surface area contributed by atoms with E-state index in [4.69, 9.17) is 5.11 Å². The molecule has 0 bridgehead atoms. The maximum atomic E-state index is 10.5. The highest BCUT2D eigenvalue weighted by Crippen LogP contribution is 2.16. The molecule has 3 heteroatoms. The van der Waals surface area contributed by atoms with Crippen LogP contribution in [0.15, 0.2) is 18.2 Å². The van der Waals surface area contributed by atoms with Crippen molar-refractivity contribution in [2.75, 3.05) is 6.54 Å². The molecule has 0 aliphatic carbocycles. The number of aliphatic carboxylic acids is 1. The van der Waals surface area contributed by atoms with E-state index in [-0.39, 0.29) is 6.42 Å². The van der Waals surface area contributed by atoms with Crippen molar-refractivity contribution in [3.05, 3.63) is 34.9 Å². The molecule has 0 saturated heterocycles. The molecular weight excluding hydrogens is 190 g/mol. The van der Waals surface area contributed by atoms with Crippen LogP contribution in [0.25, 0.3) is 0 Å². The summed E-state index contributed by atoms with van der Waals surface area (Å²) in [5.74, 6) is -0.727. The summed E-state index contributed by atoms with van der Waals surface area (Å²) < 4.78 is 0. The Balaban J connectivity index is 2.10. The number of hydrogen-bond acceptors (Lipinski definition) is 2. The van der Waals surface area contributed by atoms with Gasteiger partial charge in [-0.3, -0.25) is 4.79 Å². The molecule has 15 heavy (non-hydrogen) atoms. The molecule has 1 aromatic carbocycles. The SMILES string of the molecule is O=C(O)CCc1ccc2c(c1)CCNC2. The first kappa shape index (κ1) is 10.2. The number of nitrogens with one attached hydrogen (secondary N) is 1. The van der Waals surface area contributed by atoms with Gasteiger partial charge in [-0.15, -0.1) is 0 Å². The zero-order valence-corrected chi connectivity index (χ0v) is 8.62. The molecule has 0 radical (unpaired) electrons. The predicted molar refractivity (Wildman–Crippen MR) is 57.8 cm³/mol. The van der Waals surface area contributed by atoms with E-state index in [9.17, 15) is 4.79 Å². The number of benzene rings is 1. The molecule has 1 aromatic rings. The minimum absolute atomic E-state index is 0.219. The summed E-state index contributed by atoms with van der Waals surface area (Å²) in [5, 5.41) is 11.9. The van der Waals surface area contributed by atoms with Crippen LogP contribution in [0.3, 0.4) is 0 Å². The number of carboxylic acid groups (broad SMARTS) is 1. The topological polar surface area (TPSA) is 49.3 Å². The van der Waals surface area contributed by atoms with Gasteiger partial charge in [0, 0.05) is 13.0 Å². The molecule has 2 rings (SSSR count). The summed E-state index contributed by atoms with van der Waals surface area (Å²) >= 11 is 0. The standard InChI is InChI=1S/C12H15NO2/c14-12(15)4-2-9-1-3-11-8-13-6-5-10(11)7-9/h1,3,7,13H,2,4-6,8H2,(H,14,15). The Morgan fingerprint density at radius 1 is 1.40 bits per heavy atom. The van der Waals surface area contributed by atoms with E-state index in [1.54, 1.807) is 0 Å². The van der Waals surface area contributed by atoms with Crippen molar-refractivity contribution in [2.45, 2.75) is 25.8 Å². The van der Waals surface area contributed by atoms with Crippen molar-refractivity contribution in [1.82, 2.24) is 5.32 Å². The van der Waals surface area contributed by atoms with E-state index < -0.39 is 5.97 Å². The molecule has 3 nitrogen and oxygen atoms in total. The molecule has 0 amide bonds. The molecule has 1 aliphatic rings. The molecule has 2 N–H and O–H groups in total. The van der Waals surface area contributed by atoms with Gasteiger partial charge >= 0.3 is 5.97 Å². The minimum Gasteiger partial charge on any atom is -0.481 e. The van der Waals surface area contributed by atoms with E-state index in [0.29, 0.717) is 6.42 Å². The zero-order valence-electron chi connectivity index (χ0n) is 8.62. The van der Waals surface area contributed by atoms with Crippen LogP contribution in [0.5, 0.6) is 0 Å². The Morgan fingerprint density at radius 2 is 2.27 bits per heavy atom. The quantitative estimate of drug-likeness (QED) is 0.783. The largest absolute Gasteiger partial charge is 0.481 e. The van der Waals surface area contributed by atoms with Crippen LogP contribution in [0.1, 0.15) is 23.1 Å². The lowest BCUT2D eigenvalue weighted by Gasteiger charge is -2.17. The molecule has 80 valence electrons. The Kier molecular flexibility index (Phi) is 3.02. The van der Waals surface area contributed by atoms with Crippen LogP contribution in [-0.2, 0) is 24.2 Å². The molecule has 1 aliphatic heterocycles. The van der Waals surface area contributed by atoms with E-state index in [1.807, 2.05) is 6.07 Å². The Hall–Kier alpha value is -1.35. The van der Waals surface area contributed by atoms with Gasteiger partial charge in [0.15, 0.2) is 0 Å². The summed E-state index contributed by atoms with van der Waals surface area (Å²) in [6.45, 7) is 1.96. The van der Waals surface area contributed by atoms with Crippen LogP contribution in [0, 0.1) is 0 Å². The molecule has 0 unspecified atom stereocenters. The van der Waals surface area contributed by atoms with Crippen LogP contribution >= 0.6 is 0 Å².